The van der Waals surface area contributed by atoms with Crippen LogP contribution in [0, 0.1) is 0 Å². The molecule has 2 unspecified atom stereocenters. The molecule has 0 spiro atoms. The van der Waals surface area contributed by atoms with Crippen molar-refractivity contribution < 1.29 is 9.53 Å². The molecule has 3 rings (SSSR count). The molecule has 0 saturated carbocycles. The van der Waals surface area contributed by atoms with E-state index in [1.165, 1.54) is 17.5 Å². The van der Waals surface area contributed by atoms with Crippen molar-refractivity contribution in [1.82, 2.24) is 0 Å². The highest BCUT2D eigenvalue weighted by atomic mass is 16.5. The third kappa shape index (κ3) is 2.65. The van der Waals surface area contributed by atoms with Gasteiger partial charge in [0.25, 0.3) is 5.91 Å². The van der Waals surface area contributed by atoms with Gasteiger partial charge < -0.3 is 15.8 Å². The molecule has 0 radical (unpaired) electrons. The molecule has 0 aromatic heterocycles. The summed E-state index contributed by atoms with van der Waals surface area (Å²) in [5.74, 6) is -0.0473. The number of carbonyl (C=O) groups excluding carboxylic acids is 1. The highest BCUT2D eigenvalue weighted by Crippen LogP contribution is 2.26. The summed E-state index contributed by atoms with van der Waals surface area (Å²) in [5, 5.41) is 2.95. The second-order valence-corrected chi connectivity index (χ2v) is 5.39. The van der Waals surface area contributed by atoms with Crippen LogP contribution in [0.4, 0.5) is 5.69 Å². The Morgan fingerprint density at radius 2 is 2.16 bits per heavy atom. The quantitative estimate of drug-likeness (QED) is 0.868. The van der Waals surface area contributed by atoms with Gasteiger partial charge in [0.1, 0.15) is 6.10 Å². The van der Waals surface area contributed by atoms with Crippen LogP contribution in [0.3, 0.4) is 0 Å². The van der Waals surface area contributed by atoms with Crippen molar-refractivity contribution in [1.29, 1.82) is 0 Å². The molecule has 102 valence electrons. The molecule has 2 aliphatic rings. The fourth-order valence-corrected chi connectivity index (χ4v) is 2.94. The molecule has 2 atom stereocenters. The maximum Gasteiger partial charge on any atom is 0.253 e. The van der Waals surface area contributed by atoms with Crippen molar-refractivity contribution in [3.05, 3.63) is 29.3 Å². The van der Waals surface area contributed by atoms with E-state index in [0.717, 1.165) is 31.4 Å². The number of carbonyl (C=O) groups is 1. The van der Waals surface area contributed by atoms with E-state index in [0.29, 0.717) is 6.54 Å². The second-order valence-electron chi connectivity index (χ2n) is 5.39. The van der Waals surface area contributed by atoms with E-state index < -0.39 is 0 Å². The number of rotatable bonds is 3. The Morgan fingerprint density at radius 1 is 1.32 bits per heavy atom. The molecular formula is C15H20N2O2. The lowest BCUT2D eigenvalue weighted by atomic mass is 10.1. The van der Waals surface area contributed by atoms with Gasteiger partial charge in [-0.1, -0.05) is 6.07 Å². The van der Waals surface area contributed by atoms with Crippen LogP contribution in [0.1, 0.15) is 30.4 Å². The Morgan fingerprint density at radius 3 is 2.95 bits per heavy atom. The SMILES string of the molecule is NCC1CCC(C(=O)Nc2ccc3c(c2)CCC3)O1. The number of benzene rings is 1. The summed E-state index contributed by atoms with van der Waals surface area (Å²) in [5.41, 5.74) is 9.21. The van der Waals surface area contributed by atoms with Crippen LogP contribution in [0.15, 0.2) is 18.2 Å². The summed E-state index contributed by atoms with van der Waals surface area (Å²) in [4.78, 5) is 12.1. The Bertz CT molecular complexity index is 487. The summed E-state index contributed by atoms with van der Waals surface area (Å²) < 4.78 is 5.60. The van der Waals surface area contributed by atoms with Gasteiger partial charge in [0.05, 0.1) is 6.10 Å². The molecule has 1 heterocycles. The number of nitrogens with one attached hydrogen (secondary N) is 1. The monoisotopic (exact) mass is 260 g/mol. The molecule has 4 heteroatoms. The van der Waals surface area contributed by atoms with Crippen molar-refractivity contribution in [2.24, 2.45) is 5.73 Å². The van der Waals surface area contributed by atoms with Gasteiger partial charge in [-0.2, -0.15) is 0 Å². The number of hydrogen-bond acceptors (Lipinski definition) is 3. The zero-order chi connectivity index (χ0) is 13.2. The third-order valence-electron chi connectivity index (χ3n) is 4.03. The highest BCUT2D eigenvalue weighted by Gasteiger charge is 2.29. The van der Waals surface area contributed by atoms with Gasteiger partial charge in [-0.3, -0.25) is 4.79 Å². The van der Waals surface area contributed by atoms with E-state index in [9.17, 15) is 4.79 Å². The van der Waals surface area contributed by atoms with Crippen molar-refractivity contribution in [2.75, 3.05) is 11.9 Å². The summed E-state index contributed by atoms with van der Waals surface area (Å²) in [6.07, 6.45) is 4.83. The van der Waals surface area contributed by atoms with Gasteiger partial charge in [-0.15, -0.1) is 0 Å². The molecular weight excluding hydrogens is 240 g/mol. The molecule has 1 aliphatic carbocycles. The summed E-state index contributed by atoms with van der Waals surface area (Å²) in [6, 6.07) is 6.20. The Hall–Kier alpha value is -1.39. The first-order valence-electron chi connectivity index (χ1n) is 7.04. The lowest BCUT2D eigenvalue weighted by Crippen LogP contribution is -2.29. The molecule has 4 nitrogen and oxygen atoms in total. The first kappa shape index (κ1) is 12.6. The molecule has 3 N–H and O–H groups in total. The fraction of sp³-hybridized carbons (Fsp3) is 0.533. The molecule has 1 aliphatic heterocycles. The lowest BCUT2D eigenvalue weighted by Gasteiger charge is -2.13. The fourth-order valence-electron chi connectivity index (χ4n) is 2.94. The van der Waals surface area contributed by atoms with Gasteiger partial charge in [0.15, 0.2) is 0 Å². The van der Waals surface area contributed by atoms with E-state index in [4.69, 9.17) is 10.5 Å². The Balaban J connectivity index is 1.63. The predicted molar refractivity (Wildman–Crippen MR) is 74.0 cm³/mol. The number of aryl methyl sites for hydroxylation is 2. The van der Waals surface area contributed by atoms with E-state index in [1.54, 1.807) is 0 Å². The molecule has 1 aromatic rings. The summed E-state index contributed by atoms with van der Waals surface area (Å²) in [7, 11) is 0. The number of fused-ring (bicyclic) bond motifs is 1. The minimum atomic E-state index is -0.346. The third-order valence-corrected chi connectivity index (χ3v) is 4.03. The Labute approximate surface area is 113 Å². The van der Waals surface area contributed by atoms with Crippen molar-refractivity contribution in [2.45, 2.75) is 44.3 Å². The molecule has 19 heavy (non-hydrogen) atoms. The van der Waals surface area contributed by atoms with E-state index >= 15 is 0 Å². The van der Waals surface area contributed by atoms with E-state index in [2.05, 4.69) is 17.4 Å². The zero-order valence-electron chi connectivity index (χ0n) is 11.0. The largest absolute Gasteiger partial charge is 0.364 e. The van der Waals surface area contributed by atoms with E-state index in [-0.39, 0.29) is 18.1 Å². The zero-order valence-corrected chi connectivity index (χ0v) is 11.0. The van der Waals surface area contributed by atoms with Crippen LogP contribution in [0.2, 0.25) is 0 Å². The normalized spacial score (nSPS) is 25.3. The van der Waals surface area contributed by atoms with Crippen molar-refractivity contribution in [3.63, 3.8) is 0 Å². The first-order chi connectivity index (χ1) is 9.26. The van der Waals surface area contributed by atoms with Gasteiger partial charge in [-0.05, 0) is 55.4 Å². The maximum absolute atomic E-state index is 12.1. The summed E-state index contributed by atoms with van der Waals surface area (Å²) in [6.45, 7) is 0.489. The number of hydrogen-bond donors (Lipinski definition) is 2. The molecule has 1 amide bonds. The van der Waals surface area contributed by atoms with Crippen LogP contribution in [-0.2, 0) is 22.4 Å². The lowest BCUT2D eigenvalue weighted by molar-refractivity contribution is -0.126. The molecule has 1 saturated heterocycles. The maximum atomic E-state index is 12.1. The van der Waals surface area contributed by atoms with Crippen LogP contribution in [0.5, 0.6) is 0 Å². The van der Waals surface area contributed by atoms with Crippen molar-refractivity contribution >= 4 is 11.6 Å². The standard InChI is InChI=1S/C15H20N2O2/c16-9-13-6-7-14(19-13)15(18)17-12-5-4-10-2-1-3-11(10)8-12/h4-5,8,13-14H,1-3,6-7,9,16H2,(H,17,18). The number of amides is 1. The van der Waals surface area contributed by atoms with Gasteiger partial charge in [-0.25, -0.2) is 0 Å². The highest BCUT2D eigenvalue weighted by molar-refractivity contribution is 5.94. The van der Waals surface area contributed by atoms with Gasteiger partial charge >= 0.3 is 0 Å². The minimum Gasteiger partial charge on any atom is -0.364 e. The minimum absolute atomic E-state index is 0.0378. The number of nitrogens with two attached hydrogens (primary N) is 1. The van der Waals surface area contributed by atoms with Crippen LogP contribution in [-0.4, -0.2) is 24.7 Å². The van der Waals surface area contributed by atoms with Crippen molar-refractivity contribution in [3.8, 4) is 0 Å². The molecule has 1 fully saturated rings. The average Bonchev–Trinajstić information content (AvgIpc) is 3.06. The number of anilines is 1. The van der Waals surface area contributed by atoms with Gasteiger partial charge in [0, 0.05) is 12.2 Å². The smallest absolute Gasteiger partial charge is 0.253 e. The second kappa shape index (κ2) is 5.31. The molecule has 0 bridgehead atoms. The van der Waals surface area contributed by atoms with Gasteiger partial charge in [0.2, 0.25) is 0 Å². The summed E-state index contributed by atoms with van der Waals surface area (Å²) >= 11 is 0. The first-order valence-corrected chi connectivity index (χ1v) is 7.04. The van der Waals surface area contributed by atoms with E-state index in [1.807, 2.05) is 6.07 Å². The topological polar surface area (TPSA) is 64.4 Å². The van der Waals surface area contributed by atoms with Crippen LogP contribution < -0.4 is 11.1 Å². The van der Waals surface area contributed by atoms with Crippen LogP contribution >= 0.6 is 0 Å². The predicted octanol–water partition coefficient (Wildman–Crippen LogP) is 1.62. The molecule has 1 aromatic carbocycles. The van der Waals surface area contributed by atoms with Crippen LogP contribution in [0.25, 0.3) is 0 Å². The average molecular weight is 260 g/mol. The Kier molecular flexibility index (Phi) is 3.53. The number of ether oxygens (including phenoxy) is 1.